The minimum atomic E-state index is 0.106. The first-order chi connectivity index (χ1) is 9.16. The van der Waals surface area contributed by atoms with Crippen LogP contribution in [0.15, 0.2) is 18.2 Å². The fourth-order valence-corrected chi connectivity index (χ4v) is 3.07. The van der Waals surface area contributed by atoms with Crippen LogP contribution < -0.4 is 0 Å². The SMILES string of the molecule is O=C(Cn1c(=S)[nH]c2cccc(Cl)c21)N1CCCC1. The summed E-state index contributed by atoms with van der Waals surface area (Å²) in [6.07, 6.45) is 2.18. The van der Waals surface area contributed by atoms with Gasteiger partial charge >= 0.3 is 0 Å². The van der Waals surface area contributed by atoms with Gasteiger partial charge in [-0.3, -0.25) is 4.79 Å². The van der Waals surface area contributed by atoms with E-state index in [1.54, 1.807) is 4.57 Å². The van der Waals surface area contributed by atoms with E-state index in [1.165, 1.54) is 0 Å². The molecule has 1 aliphatic rings. The fraction of sp³-hybridized carbons (Fsp3) is 0.385. The summed E-state index contributed by atoms with van der Waals surface area (Å²) in [5.74, 6) is 0.106. The summed E-state index contributed by atoms with van der Waals surface area (Å²) in [6.45, 7) is 1.95. The molecule has 0 radical (unpaired) electrons. The van der Waals surface area contributed by atoms with Gasteiger partial charge in [-0.25, -0.2) is 0 Å². The van der Waals surface area contributed by atoms with Gasteiger partial charge in [0, 0.05) is 13.1 Å². The lowest BCUT2D eigenvalue weighted by molar-refractivity contribution is -0.130. The smallest absolute Gasteiger partial charge is 0.242 e. The molecule has 19 heavy (non-hydrogen) atoms. The number of hydrogen-bond donors (Lipinski definition) is 1. The van der Waals surface area contributed by atoms with Gasteiger partial charge in [-0.05, 0) is 37.2 Å². The highest BCUT2D eigenvalue weighted by Gasteiger charge is 2.19. The summed E-state index contributed by atoms with van der Waals surface area (Å²) < 4.78 is 2.32. The lowest BCUT2D eigenvalue weighted by Gasteiger charge is -2.15. The van der Waals surface area contributed by atoms with Crippen LogP contribution in [-0.2, 0) is 11.3 Å². The van der Waals surface area contributed by atoms with Crippen molar-refractivity contribution >= 4 is 40.8 Å². The first-order valence-corrected chi connectivity index (χ1v) is 7.10. The van der Waals surface area contributed by atoms with Crippen molar-refractivity contribution < 1.29 is 4.79 Å². The van der Waals surface area contributed by atoms with Crippen LogP contribution in [0.1, 0.15) is 12.8 Å². The number of aromatic amines is 1. The van der Waals surface area contributed by atoms with Gasteiger partial charge in [-0.2, -0.15) is 0 Å². The molecule has 1 N–H and O–H groups in total. The summed E-state index contributed by atoms with van der Waals surface area (Å²) in [6, 6.07) is 5.58. The molecule has 100 valence electrons. The molecule has 1 saturated heterocycles. The van der Waals surface area contributed by atoms with Crippen molar-refractivity contribution in [1.82, 2.24) is 14.5 Å². The van der Waals surface area contributed by atoms with E-state index >= 15 is 0 Å². The molecule has 1 fully saturated rings. The number of para-hydroxylation sites is 1. The van der Waals surface area contributed by atoms with Crippen LogP contribution in [0.4, 0.5) is 0 Å². The van der Waals surface area contributed by atoms with Crippen molar-refractivity contribution in [1.29, 1.82) is 0 Å². The number of fused-ring (bicyclic) bond motifs is 1. The second-order valence-corrected chi connectivity index (χ2v) is 5.53. The number of nitrogens with zero attached hydrogens (tertiary/aromatic N) is 2. The molecule has 4 nitrogen and oxygen atoms in total. The molecule has 1 aromatic heterocycles. The Kier molecular flexibility index (Phi) is 3.33. The second kappa shape index (κ2) is 4.98. The Morgan fingerprint density at radius 2 is 2.11 bits per heavy atom. The number of carbonyl (C=O) groups excluding carboxylic acids is 1. The van der Waals surface area contributed by atoms with Crippen LogP contribution in [0, 0.1) is 4.77 Å². The zero-order valence-corrected chi connectivity index (χ0v) is 11.9. The summed E-state index contributed by atoms with van der Waals surface area (Å²) >= 11 is 11.5. The van der Waals surface area contributed by atoms with Crippen LogP contribution in [0.5, 0.6) is 0 Å². The van der Waals surface area contributed by atoms with E-state index in [9.17, 15) is 4.79 Å². The molecule has 1 aromatic carbocycles. The molecule has 3 rings (SSSR count). The van der Waals surface area contributed by atoms with Gasteiger partial charge in [0.05, 0.1) is 16.1 Å². The van der Waals surface area contributed by atoms with Crippen molar-refractivity contribution in [3.05, 3.63) is 28.0 Å². The Morgan fingerprint density at radius 1 is 1.37 bits per heavy atom. The Labute approximate surface area is 121 Å². The highest BCUT2D eigenvalue weighted by Crippen LogP contribution is 2.23. The van der Waals surface area contributed by atoms with Crippen LogP contribution in [0.3, 0.4) is 0 Å². The van der Waals surface area contributed by atoms with Gasteiger partial charge in [0.2, 0.25) is 5.91 Å². The lowest BCUT2D eigenvalue weighted by atomic mass is 10.3. The van der Waals surface area contributed by atoms with Crippen molar-refractivity contribution in [2.75, 3.05) is 13.1 Å². The van der Waals surface area contributed by atoms with E-state index < -0.39 is 0 Å². The molecule has 6 heteroatoms. The number of hydrogen-bond acceptors (Lipinski definition) is 2. The maximum Gasteiger partial charge on any atom is 0.242 e. The van der Waals surface area contributed by atoms with Crippen LogP contribution >= 0.6 is 23.8 Å². The predicted octanol–water partition coefficient (Wildman–Crippen LogP) is 2.97. The Morgan fingerprint density at radius 3 is 2.84 bits per heavy atom. The van der Waals surface area contributed by atoms with Crippen molar-refractivity contribution in [2.24, 2.45) is 0 Å². The predicted molar refractivity (Wildman–Crippen MR) is 77.9 cm³/mol. The average molecular weight is 296 g/mol. The number of aromatic nitrogens is 2. The Hall–Kier alpha value is -1.33. The summed E-state index contributed by atoms with van der Waals surface area (Å²) in [5, 5.41) is 0.610. The normalized spacial score (nSPS) is 15.3. The van der Waals surface area contributed by atoms with Crippen molar-refractivity contribution in [3.63, 3.8) is 0 Å². The average Bonchev–Trinajstić information content (AvgIpc) is 2.99. The molecule has 0 bridgehead atoms. The monoisotopic (exact) mass is 295 g/mol. The Bertz CT molecular complexity index is 685. The minimum Gasteiger partial charge on any atom is -0.341 e. The number of halogens is 1. The number of likely N-dealkylation sites (tertiary alicyclic amines) is 1. The zero-order valence-electron chi connectivity index (χ0n) is 10.4. The zero-order chi connectivity index (χ0) is 13.4. The van der Waals surface area contributed by atoms with Gasteiger partial charge in [0.25, 0.3) is 0 Å². The summed E-state index contributed by atoms with van der Waals surface area (Å²) in [7, 11) is 0. The maximum atomic E-state index is 12.2. The van der Waals surface area contributed by atoms with Crippen LogP contribution in [0.25, 0.3) is 11.0 Å². The molecule has 0 spiro atoms. The highest BCUT2D eigenvalue weighted by atomic mass is 35.5. The fourth-order valence-electron chi connectivity index (χ4n) is 2.53. The number of H-pyrrole nitrogens is 1. The van der Waals surface area contributed by atoms with Gasteiger partial charge in [0.15, 0.2) is 4.77 Å². The maximum absolute atomic E-state index is 12.2. The van der Waals surface area contributed by atoms with Gasteiger partial charge in [-0.1, -0.05) is 17.7 Å². The first kappa shape index (κ1) is 12.7. The van der Waals surface area contributed by atoms with E-state index in [2.05, 4.69) is 4.98 Å². The van der Waals surface area contributed by atoms with Gasteiger partial charge in [0.1, 0.15) is 6.54 Å². The minimum absolute atomic E-state index is 0.106. The molecule has 2 aromatic rings. The number of amides is 1. The third-order valence-corrected chi connectivity index (χ3v) is 4.12. The van der Waals surface area contributed by atoms with Crippen molar-refractivity contribution in [2.45, 2.75) is 19.4 Å². The Balaban J connectivity index is 1.98. The third kappa shape index (κ3) is 2.28. The largest absolute Gasteiger partial charge is 0.341 e. The highest BCUT2D eigenvalue weighted by molar-refractivity contribution is 7.71. The molecule has 0 atom stereocenters. The van der Waals surface area contributed by atoms with Crippen LogP contribution in [0.2, 0.25) is 5.02 Å². The lowest BCUT2D eigenvalue weighted by Crippen LogP contribution is -2.31. The number of nitrogens with one attached hydrogen (secondary N) is 1. The number of imidazole rings is 1. The second-order valence-electron chi connectivity index (χ2n) is 4.74. The van der Waals surface area contributed by atoms with Gasteiger partial charge < -0.3 is 14.5 Å². The van der Waals surface area contributed by atoms with E-state index in [1.807, 2.05) is 23.1 Å². The molecule has 1 amide bonds. The third-order valence-electron chi connectivity index (χ3n) is 3.50. The summed E-state index contributed by atoms with van der Waals surface area (Å²) in [5.41, 5.74) is 1.67. The molecule has 0 unspecified atom stereocenters. The number of carbonyl (C=O) groups is 1. The van der Waals surface area contributed by atoms with E-state index in [4.69, 9.17) is 23.8 Å². The summed E-state index contributed by atoms with van der Waals surface area (Å²) in [4.78, 5) is 17.2. The molecule has 2 heterocycles. The number of benzene rings is 1. The first-order valence-electron chi connectivity index (χ1n) is 6.31. The standard InChI is InChI=1S/C13H14ClN3OS/c14-9-4-3-5-10-12(9)17(13(19)15-10)8-11(18)16-6-1-2-7-16/h3-5H,1-2,6-8H2,(H,15,19). The molecule has 1 aliphatic heterocycles. The molecule has 0 saturated carbocycles. The van der Waals surface area contributed by atoms with E-state index in [-0.39, 0.29) is 12.5 Å². The number of rotatable bonds is 2. The van der Waals surface area contributed by atoms with Crippen LogP contribution in [-0.4, -0.2) is 33.4 Å². The quantitative estimate of drug-likeness (QED) is 0.866. The molecular weight excluding hydrogens is 282 g/mol. The topological polar surface area (TPSA) is 41.0 Å². The van der Waals surface area contributed by atoms with E-state index in [0.29, 0.717) is 9.79 Å². The molecular formula is C13H14ClN3OS. The van der Waals surface area contributed by atoms with Gasteiger partial charge in [-0.15, -0.1) is 0 Å². The molecule has 0 aliphatic carbocycles. The van der Waals surface area contributed by atoms with Crippen molar-refractivity contribution in [3.8, 4) is 0 Å². The van der Waals surface area contributed by atoms with E-state index in [0.717, 1.165) is 37.0 Å².